The van der Waals surface area contributed by atoms with E-state index in [0.717, 1.165) is 53.9 Å². The zero-order chi connectivity index (χ0) is 42.3. The molecule has 0 unspecified atom stereocenters. The molecule has 0 fully saturated rings. The molecule has 8 rings (SSSR count). The lowest BCUT2D eigenvalue weighted by Gasteiger charge is -2.26. The lowest BCUT2D eigenvalue weighted by molar-refractivity contribution is -0.433. The second-order valence-corrected chi connectivity index (χ2v) is 20.1. The number of fused-ring (bicyclic) bond motifs is 2. The van der Waals surface area contributed by atoms with Crippen LogP contribution >= 0.6 is 23.2 Å². The molecule has 0 spiro atoms. The highest BCUT2D eigenvalue weighted by molar-refractivity contribution is 7.97. The van der Waals surface area contributed by atoms with Crippen LogP contribution in [0.4, 0.5) is 11.4 Å². The van der Waals surface area contributed by atoms with Crippen molar-refractivity contribution in [2.45, 2.75) is 100 Å². The van der Waals surface area contributed by atoms with Crippen molar-refractivity contribution in [3.05, 3.63) is 188 Å². The lowest BCUT2D eigenvalue weighted by atomic mass is 9.80. The van der Waals surface area contributed by atoms with Gasteiger partial charge in [-0.05, 0) is 175 Å². The third kappa shape index (κ3) is 7.95. The van der Waals surface area contributed by atoms with Crippen LogP contribution in [0, 0.1) is 13.8 Å². The summed E-state index contributed by atoms with van der Waals surface area (Å²) >= 11 is 12.7. The summed E-state index contributed by atoms with van der Waals surface area (Å²) in [6, 6.07) is 38.8. The van der Waals surface area contributed by atoms with Gasteiger partial charge in [0.2, 0.25) is 5.69 Å². The Morgan fingerprint density at radius 2 is 1.27 bits per heavy atom. The average Bonchev–Trinajstić information content (AvgIpc) is 3.58. The van der Waals surface area contributed by atoms with Gasteiger partial charge in [-0.3, -0.25) is 0 Å². The zero-order valence-electron chi connectivity index (χ0n) is 36.2. The molecule has 60 heavy (non-hydrogen) atoms. The average molecular weight is 852 g/mol. The third-order valence-electron chi connectivity index (χ3n) is 12.5. The fraction of sp³-hybridized carbons (Fsp3) is 0.278. The summed E-state index contributed by atoms with van der Waals surface area (Å²) in [6.45, 7) is 20.1. The monoisotopic (exact) mass is 850 g/mol. The molecule has 3 aliphatic rings. The van der Waals surface area contributed by atoms with Crippen LogP contribution in [0.3, 0.4) is 0 Å². The second kappa shape index (κ2) is 17.0. The van der Waals surface area contributed by atoms with Crippen molar-refractivity contribution in [2.24, 2.45) is 0 Å². The molecular weight excluding hydrogens is 796 g/mol. The molecule has 0 bridgehead atoms. The first-order valence-corrected chi connectivity index (χ1v) is 23.3. The van der Waals surface area contributed by atoms with E-state index in [2.05, 4.69) is 174 Å². The summed E-state index contributed by atoms with van der Waals surface area (Å²) in [5, 5.41) is 1.45. The number of halogens is 2. The summed E-state index contributed by atoms with van der Waals surface area (Å²) in [6.07, 6.45) is 12.4. The number of anilines is 1. The van der Waals surface area contributed by atoms with Crippen LogP contribution in [-0.2, 0) is 21.7 Å². The summed E-state index contributed by atoms with van der Waals surface area (Å²) < 4.78 is 9.60. The van der Waals surface area contributed by atoms with E-state index in [-0.39, 0.29) is 21.7 Å². The Balaban J connectivity index is 1.21. The maximum absolute atomic E-state index is 7.12. The molecule has 0 radical (unpaired) electrons. The SMILES string of the molecule is CCN1/C(=C/C=C2\CCCC(/C=C/C3=[N+](CC)c4ccc(C)cc4C3(C)C)=C2Oc2ccc([S+](c3ccc(Cl)cc3)c3ccc(Cl)cc3)cc2)C(C)(C)c2cc(C)ccc21. The van der Waals surface area contributed by atoms with Crippen molar-refractivity contribution in [1.82, 2.24) is 0 Å². The molecule has 5 aromatic rings. The molecule has 0 amide bonds. The molecule has 3 nitrogen and oxygen atoms in total. The predicted octanol–water partition coefficient (Wildman–Crippen LogP) is 14.8. The Labute approximate surface area is 370 Å². The van der Waals surface area contributed by atoms with Gasteiger partial charge in [-0.1, -0.05) is 72.5 Å². The van der Waals surface area contributed by atoms with Crippen LogP contribution in [0.1, 0.15) is 83.1 Å². The smallest absolute Gasteiger partial charge is 0.209 e. The number of rotatable bonds is 10. The van der Waals surface area contributed by atoms with Crippen LogP contribution in [0.2, 0.25) is 10.0 Å². The lowest BCUT2D eigenvalue weighted by Crippen LogP contribution is -2.27. The van der Waals surface area contributed by atoms with E-state index in [1.165, 1.54) is 70.9 Å². The zero-order valence-corrected chi connectivity index (χ0v) is 38.5. The Morgan fingerprint density at radius 3 is 1.87 bits per heavy atom. The number of aryl methyl sites for hydroxylation is 2. The van der Waals surface area contributed by atoms with E-state index >= 15 is 0 Å². The fourth-order valence-electron chi connectivity index (χ4n) is 9.28. The van der Waals surface area contributed by atoms with Crippen LogP contribution in [0.25, 0.3) is 0 Å². The van der Waals surface area contributed by atoms with E-state index in [9.17, 15) is 0 Å². The Hall–Kier alpha value is -4.74. The standard InChI is InChI=1S/C54H56Cl2N2OS/c1-9-57-48-30-14-36(3)34-46(48)53(5,6)50(57)32-16-38-12-11-13-39(17-33-51-54(7,8)47-35-37(4)15-31-49(47)58(51)10-2)52(38)59-42-22-28-45(29-23-42)60(43-24-18-40(55)19-25-43)44-26-20-41(56)21-27-44/h14-35H,9-13H2,1-8H3/q+2. The van der Waals surface area contributed by atoms with Gasteiger partial charge in [0.1, 0.15) is 18.1 Å². The highest BCUT2D eigenvalue weighted by Crippen LogP contribution is 2.48. The summed E-state index contributed by atoms with van der Waals surface area (Å²) in [5.41, 5.74) is 12.8. The largest absolute Gasteiger partial charge is 0.457 e. The summed E-state index contributed by atoms with van der Waals surface area (Å²) in [4.78, 5) is 6.05. The first-order chi connectivity index (χ1) is 28.8. The maximum atomic E-state index is 7.12. The van der Waals surface area contributed by atoms with Crippen LogP contribution < -0.4 is 9.64 Å². The van der Waals surface area contributed by atoms with Crippen molar-refractivity contribution in [1.29, 1.82) is 0 Å². The molecule has 5 aromatic carbocycles. The molecule has 2 heterocycles. The van der Waals surface area contributed by atoms with E-state index in [1.54, 1.807) is 0 Å². The number of nitrogens with zero attached hydrogens (tertiary/aromatic N) is 2. The molecule has 0 N–H and O–H groups in total. The van der Waals surface area contributed by atoms with E-state index in [0.29, 0.717) is 0 Å². The minimum Gasteiger partial charge on any atom is -0.457 e. The number of benzene rings is 5. The molecule has 0 saturated heterocycles. The Morgan fingerprint density at radius 1 is 0.683 bits per heavy atom. The van der Waals surface area contributed by atoms with Gasteiger partial charge in [-0.2, -0.15) is 4.58 Å². The normalized spacial score (nSPS) is 18.4. The molecule has 2 aliphatic heterocycles. The minimum absolute atomic E-state index is 0.125. The van der Waals surface area contributed by atoms with E-state index in [1.807, 2.05) is 24.3 Å². The van der Waals surface area contributed by atoms with E-state index in [4.69, 9.17) is 27.9 Å². The number of ether oxygens (including phenoxy) is 1. The molecule has 0 aromatic heterocycles. The van der Waals surface area contributed by atoms with Crippen LogP contribution in [-0.4, -0.2) is 23.4 Å². The quantitative estimate of drug-likeness (QED) is 0.103. The number of likely N-dealkylation sites (N-methyl/N-ethyl adjacent to an activating group) is 1. The van der Waals surface area contributed by atoms with Gasteiger partial charge in [0, 0.05) is 51.1 Å². The first-order valence-electron chi connectivity index (χ1n) is 21.3. The van der Waals surface area contributed by atoms with Gasteiger partial charge in [0.05, 0.1) is 16.3 Å². The highest BCUT2D eigenvalue weighted by atomic mass is 35.5. The van der Waals surface area contributed by atoms with Gasteiger partial charge >= 0.3 is 0 Å². The fourth-order valence-corrected chi connectivity index (χ4v) is 11.6. The molecule has 6 heteroatoms. The van der Waals surface area contributed by atoms with Crippen LogP contribution in [0.15, 0.2) is 171 Å². The minimum atomic E-state index is -0.357. The van der Waals surface area contributed by atoms with Crippen molar-refractivity contribution < 1.29 is 9.31 Å². The predicted molar refractivity (Wildman–Crippen MR) is 255 cm³/mol. The van der Waals surface area contributed by atoms with Gasteiger partial charge in [-0.25, -0.2) is 0 Å². The number of allylic oxidation sites excluding steroid dienone is 7. The maximum Gasteiger partial charge on any atom is 0.209 e. The second-order valence-electron chi connectivity index (χ2n) is 17.2. The molecular formula is C54H56Cl2N2OS+2. The molecule has 306 valence electrons. The van der Waals surface area contributed by atoms with Crippen molar-refractivity contribution in [3.8, 4) is 5.75 Å². The van der Waals surface area contributed by atoms with Crippen LogP contribution in [0.5, 0.6) is 5.75 Å². The number of hydrogen-bond donors (Lipinski definition) is 0. The van der Waals surface area contributed by atoms with E-state index < -0.39 is 0 Å². The molecule has 1 aliphatic carbocycles. The van der Waals surface area contributed by atoms with Gasteiger partial charge in [-0.15, -0.1) is 0 Å². The van der Waals surface area contributed by atoms with Gasteiger partial charge in [0.25, 0.3) is 0 Å². The third-order valence-corrected chi connectivity index (χ3v) is 15.2. The number of hydrogen-bond acceptors (Lipinski definition) is 2. The highest BCUT2D eigenvalue weighted by Gasteiger charge is 2.44. The Kier molecular flexibility index (Phi) is 11.9. The first kappa shape index (κ1) is 42.0. The summed E-state index contributed by atoms with van der Waals surface area (Å²) in [5.74, 6) is 1.78. The topological polar surface area (TPSA) is 15.5 Å². The molecule has 0 saturated carbocycles. The molecule has 0 atom stereocenters. The van der Waals surface area contributed by atoms with Crippen molar-refractivity contribution in [2.75, 3.05) is 18.0 Å². The van der Waals surface area contributed by atoms with Crippen molar-refractivity contribution >= 4 is 51.2 Å². The summed E-state index contributed by atoms with van der Waals surface area (Å²) in [7, 11) is -0.357. The Bertz CT molecular complexity index is 2550. The van der Waals surface area contributed by atoms with Gasteiger partial charge < -0.3 is 9.64 Å². The van der Waals surface area contributed by atoms with Crippen molar-refractivity contribution in [3.63, 3.8) is 0 Å². The van der Waals surface area contributed by atoms with Gasteiger partial charge in [0.15, 0.2) is 20.4 Å².